The van der Waals surface area contributed by atoms with E-state index in [1.165, 1.54) is 4.90 Å². The molecule has 2 fully saturated rings. The quantitative estimate of drug-likeness (QED) is 0.565. The maximum atomic E-state index is 14.7. The van der Waals surface area contributed by atoms with Crippen molar-refractivity contribution in [1.29, 1.82) is 0 Å². The van der Waals surface area contributed by atoms with E-state index in [4.69, 9.17) is 16.3 Å². The van der Waals surface area contributed by atoms with E-state index in [1.54, 1.807) is 41.1 Å². The Hall–Kier alpha value is -3.46. The van der Waals surface area contributed by atoms with Crippen LogP contribution >= 0.6 is 11.6 Å². The van der Waals surface area contributed by atoms with Gasteiger partial charge in [-0.1, -0.05) is 73.2 Å². The molecule has 6 atom stereocenters. The van der Waals surface area contributed by atoms with Crippen LogP contribution < -0.4 is 4.90 Å². The van der Waals surface area contributed by atoms with Crippen molar-refractivity contribution in [3.8, 4) is 0 Å². The highest BCUT2D eigenvalue weighted by atomic mass is 35.5. The summed E-state index contributed by atoms with van der Waals surface area (Å²) >= 11 is 6.13. The lowest BCUT2D eigenvalue weighted by atomic mass is 9.73. The average molecular weight is 562 g/mol. The molecule has 0 aromatic heterocycles. The van der Waals surface area contributed by atoms with Gasteiger partial charge in [-0.25, -0.2) is 0 Å². The Labute approximate surface area is 238 Å². The van der Waals surface area contributed by atoms with Gasteiger partial charge in [0.05, 0.1) is 30.1 Å². The third-order valence-electron chi connectivity index (χ3n) is 8.91. The monoisotopic (exact) mass is 561 g/mol. The zero-order chi connectivity index (χ0) is 28.2. The molecule has 40 heavy (non-hydrogen) atoms. The fourth-order valence-corrected chi connectivity index (χ4v) is 7.17. The normalized spacial score (nSPS) is 32.0. The Morgan fingerprint density at radius 2 is 1.65 bits per heavy atom. The van der Waals surface area contributed by atoms with Crippen LogP contribution in [-0.2, 0) is 19.1 Å². The molecule has 2 aromatic rings. The lowest BCUT2D eigenvalue weighted by Crippen LogP contribution is -2.57. The Morgan fingerprint density at radius 3 is 2.33 bits per heavy atom. The number of likely N-dealkylation sites (N-methyl/N-ethyl adjacent to an activating group) is 1. The third-order valence-corrected chi connectivity index (χ3v) is 9.16. The summed E-state index contributed by atoms with van der Waals surface area (Å²) in [5.41, 5.74) is -1.14. The lowest BCUT2D eigenvalue weighted by Gasteiger charge is -2.40. The predicted molar refractivity (Wildman–Crippen MR) is 150 cm³/mol. The van der Waals surface area contributed by atoms with E-state index in [-0.39, 0.29) is 24.3 Å². The van der Waals surface area contributed by atoms with Crippen LogP contribution in [0.4, 0.5) is 5.69 Å². The molecule has 0 bridgehead atoms. The molecule has 2 aromatic carbocycles. The number of hydrogen-bond donors (Lipinski definition) is 1. The van der Waals surface area contributed by atoms with Crippen LogP contribution in [-0.4, -0.2) is 76.6 Å². The van der Waals surface area contributed by atoms with Gasteiger partial charge < -0.3 is 24.5 Å². The molecule has 4 aliphatic rings. The molecule has 6 rings (SSSR count). The zero-order valence-electron chi connectivity index (χ0n) is 22.4. The molecule has 4 aliphatic heterocycles. The highest BCUT2D eigenvalue weighted by Crippen LogP contribution is 2.59. The molecule has 1 N–H and O–H groups in total. The van der Waals surface area contributed by atoms with Gasteiger partial charge in [-0.3, -0.25) is 14.4 Å². The SMILES string of the molecule is CC[C@@]12C=CCN(C)C(=O)[C@@H]1[C@H]1C(=O)N([C@H](CO)c3ccccc3)C3C(=O)N(c4ccc(Cl)cc4)CC=C[C@@]31O2. The number of amides is 3. The van der Waals surface area contributed by atoms with Crippen LogP contribution in [0.15, 0.2) is 78.9 Å². The molecule has 0 radical (unpaired) electrons. The van der Waals surface area contributed by atoms with Crippen LogP contribution in [0.1, 0.15) is 24.9 Å². The van der Waals surface area contributed by atoms with Crippen molar-refractivity contribution in [3.05, 3.63) is 89.5 Å². The van der Waals surface area contributed by atoms with Gasteiger partial charge in [0, 0.05) is 30.8 Å². The van der Waals surface area contributed by atoms with E-state index in [1.807, 2.05) is 61.6 Å². The van der Waals surface area contributed by atoms with Crippen LogP contribution in [0.5, 0.6) is 0 Å². The first kappa shape index (κ1) is 26.7. The minimum absolute atomic E-state index is 0.192. The van der Waals surface area contributed by atoms with Crippen molar-refractivity contribution in [2.24, 2.45) is 11.8 Å². The summed E-state index contributed by atoms with van der Waals surface area (Å²) in [5, 5.41) is 11.2. The minimum atomic E-state index is -1.41. The van der Waals surface area contributed by atoms with Crippen LogP contribution in [0.2, 0.25) is 5.02 Å². The standard InChI is InChI=1S/C31H32ClN3O5/c1-3-30-15-7-17-33(2)27(37)24(30)25-28(38)35(23(19-36)20-9-5-4-6-10-20)26-29(39)34(18-8-16-31(25,26)40-30)22-13-11-21(32)12-14-22/h4-16,23-26,36H,3,17-19H2,1-2H3/t23-,24+,25+,26?,30-,31+/m1/s1. The molecule has 0 saturated carbocycles. The molecule has 8 nitrogen and oxygen atoms in total. The number of fused-ring (bicyclic) bond motifs is 2. The number of hydrogen-bond acceptors (Lipinski definition) is 5. The van der Waals surface area contributed by atoms with Crippen molar-refractivity contribution in [1.82, 2.24) is 9.80 Å². The van der Waals surface area contributed by atoms with Gasteiger partial charge >= 0.3 is 0 Å². The van der Waals surface area contributed by atoms with Gasteiger partial charge in [-0.2, -0.15) is 0 Å². The second kappa shape index (κ2) is 9.87. The Kier molecular flexibility index (Phi) is 6.60. The van der Waals surface area contributed by atoms with Gasteiger partial charge in [0.1, 0.15) is 11.6 Å². The Bertz CT molecular complexity index is 1400. The van der Waals surface area contributed by atoms with Gasteiger partial charge in [0.15, 0.2) is 0 Å². The van der Waals surface area contributed by atoms with E-state index < -0.39 is 41.7 Å². The van der Waals surface area contributed by atoms with Crippen molar-refractivity contribution in [2.45, 2.75) is 36.6 Å². The second-order valence-corrected chi connectivity index (χ2v) is 11.4. The van der Waals surface area contributed by atoms with E-state index in [2.05, 4.69) is 0 Å². The summed E-state index contributed by atoms with van der Waals surface area (Å²) in [6, 6.07) is 14.2. The lowest BCUT2D eigenvalue weighted by molar-refractivity contribution is -0.152. The second-order valence-electron chi connectivity index (χ2n) is 10.9. The smallest absolute Gasteiger partial charge is 0.253 e. The van der Waals surface area contributed by atoms with Gasteiger partial charge in [-0.05, 0) is 36.2 Å². The number of aliphatic hydroxyl groups excluding tert-OH is 1. The molecule has 3 amide bonds. The molecule has 208 valence electrons. The van der Waals surface area contributed by atoms with Gasteiger partial charge in [-0.15, -0.1) is 0 Å². The number of carbonyl (C=O) groups is 3. The van der Waals surface area contributed by atoms with Gasteiger partial charge in [0.25, 0.3) is 5.91 Å². The number of halogens is 1. The molecule has 2 saturated heterocycles. The topological polar surface area (TPSA) is 90.4 Å². The molecule has 1 spiro atoms. The number of benzene rings is 2. The minimum Gasteiger partial charge on any atom is -0.394 e. The fraction of sp³-hybridized carbons (Fsp3) is 0.387. The number of nitrogens with zero attached hydrogens (tertiary/aromatic N) is 3. The Morgan fingerprint density at radius 1 is 0.950 bits per heavy atom. The molecular weight excluding hydrogens is 530 g/mol. The highest BCUT2D eigenvalue weighted by molar-refractivity contribution is 6.30. The van der Waals surface area contributed by atoms with E-state index in [9.17, 15) is 19.5 Å². The number of aliphatic hydroxyl groups is 1. The fourth-order valence-electron chi connectivity index (χ4n) is 7.04. The van der Waals surface area contributed by atoms with E-state index >= 15 is 0 Å². The number of anilines is 1. The van der Waals surface area contributed by atoms with E-state index in [0.717, 1.165) is 0 Å². The number of likely N-dealkylation sites (tertiary alicyclic amines) is 1. The molecular formula is C31H32ClN3O5. The van der Waals surface area contributed by atoms with Gasteiger partial charge in [0.2, 0.25) is 11.8 Å². The summed E-state index contributed by atoms with van der Waals surface area (Å²) < 4.78 is 6.97. The van der Waals surface area contributed by atoms with Crippen LogP contribution in [0.25, 0.3) is 0 Å². The average Bonchev–Trinajstić information content (AvgIpc) is 3.26. The molecule has 9 heteroatoms. The Balaban J connectivity index is 1.56. The maximum absolute atomic E-state index is 14.7. The maximum Gasteiger partial charge on any atom is 0.253 e. The summed E-state index contributed by atoms with van der Waals surface area (Å²) in [6.45, 7) is 2.20. The summed E-state index contributed by atoms with van der Waals surface area (Å²) in [4.78, 5) is 47.9. The number of carbonyl (C=O) groups excluding carboxylic acids is 3. The van der Waals surface area contributed by atoms with Crippen molar-refractivity contribution in [2.75, 3.05) is 31.6 Å². The van der Waals surface area contributed by atoms with E-state index in [0.29, 0.717) is 29.2 Å². The number of rotatable bonds is 5. The first-order valence-electron chi connectivity index (χ1n) is 13.6. The molecule has 4 heterocycles. The first-order chi connectivity index (χ1) is 19.3. The van der Waals surface area contributed by atoms with Crippen molar-refractivity contribution in [3.63, 3.8) is 0 Å². The summed E-state index contributed by atoms with van der Waals surface area (Å²) in [5.74, 6) is -2.68. The predicted octanol–water partition coefficient (Wildman–Crippen LogP) is 3.37. The molecule has 1 unspecified atom stereocenters. The summed E-state index contributed by atoms with van der Waals surface area (Å²) in [7, 11) is 1.72. The zero-order valence-corrected chi connectivity index (χ0v) is 23.2. The van der Waals surface area contributed by atoms with Crippen LogP contribution in [0, 0.1) is 11.8 Å². The number of ether oxygens (including phenoxy) is 1. The summed E-state index contributed by atoms with van der Waals surface area (Å²) in [6.07, 6.45) is 7.93. The highest BCUT2D eigenvalue weighted by Gasteiger charge is 2.76. The van der Waals surface area contributed by atoms with Crippen LogP contribution in [0.3, 0.4) is 0 Å². The third kappa shape index (κ3) is 3.77. The largest absolute Gasteiger partial charge is 0.394 e. The first-order valence-corrected chi connectivity index (χ1v) is 14.0. The van der Waals surface area contributed by atoms with Crippen molar-refractivity contribution < 1.29 is 24.2 Å². The van der Waals surface area contributed by atoms with Crippen molar-refractivity contribution >= 4 is 35.0 Å². The molecule has 0 aliphatic carbocycles.